The van der Waals surface area contributed by atoms with Gasteiger partial charge in [0.15, 0.2) is 5.82 Å². The molecule has 0 bridgehead atoms. The van der Waals surface area contributed by atoms with Crippen LogP contribution in [0.2, 0.25) is 0 Å². The van der Waals surface area contributed by atoms with E-state index in [0.717, 1.165) is 37.3 Å². The number of methoxy groups -OCH3 is 1. The maximum atomic E-state index is 13.4. The summed E-state index contributed by atoms with van der Waals surface area (Å²) < 4.78 is 18.7. The summed E-state index contributed by atoms with van der Waals surface area (Å²) in [5, 5.41) is 11.6. The molecule has 3 rings (SSSR count). The predicted molar refractivity (Wildman–Crippen MR) is 87.1 cm³/mol. The molecule has 2 aromatic rings. The van der Waals surface area contributed by atoms with Crippen molar-refractivity contribution in [2.75, 3.05) is 25.1 Å². The molecule has 1 N–H and O–H groups in total. The minimum atomic E-state index is -0.246. The highest BCUT2D eigenvalue weighted by Crippen LogP contribution is 2.23. The summed E-state index contributed by atoms with van der Waals surface area (Å²) in [5.41, 5.74) is 0.830. The summed E-state index contributed by atoms with van der Waals surface area (Å²) in [6.45, 7) is 2.39. The smallest absolute Gasteiger partial charge is 0.151 e. The SMILES string of the molecule is COc1ccc(F)cc1CNC[C@@H]1CCCN1c1cccnn1. The van der Waals surface area contributed by atoms with Gasteiger partial charge in [-0.15, -0.1) is 5.10 Å². The van der Waals surface area contributed by atoms with Gasteiger partial charge in [0.2, 0.25) is 0 Å². The zero-order valence-electron chi connectivity index (χ0n) is 13.2. The zero-order chi connectivity index (χ0) is 16.1. The van der Waals surface area contributed by atoms with Gasteiger partial charge in [-0.3, -0.25) is 0 Å². The fourth-order valence-corrected chi connectivity index (χ4v) is 3.05. The molecule has 2 heterocycles. The van der Waals surface area contributed by atoms with Crippen LogP contribution in [0.3, 0.4) is 0 Å². The van der Waals surface area contributed by atoms with Crippen LogP contribution in [0.25, 0.3) is 0 Å². The Morgan fingerprint density at radius 1 is 1.39 bits per heavy atom. The largest absolute Gasteiger partial charge is 0.496 e. The minimum absolute atomic E-state index is 0.246. The van der Waals surface area contributed by atoms with E-state index >= 15 is 0 Å². The fourth-order valence-electron chi connectivity index (χ4n) is 3.05. The number of hydrogen-bond acceptors (Lipinski definition) is 5. The first-order chi connectivity index (χ1) is 11.3. The van der Waals surface area contributed by atoms with Gasteiger partial charge >= 0.3 is 0 Å². The van der Waals surface area contributed by atoms with Crippen molar-refractivity contribution in [3.05, 3.63) is 47.9 Å². The van der Waals surface area contributed by atoms with Crippen LogP contribution >= 0.6 is 0 Å². The number of halogens is 1. The first-order valence-electron chi connectivity index (χ1n) is 7.85. The maximum Gasteiger partial charge on any atom is 0.151 e. The van der Waals surface area contributed by atoms with Gasteiger partial charge in [-0.25, -0.2) is 4.39 Å². The monoisotopic (exact) mass is 316 g/mol. The first kappa shape index (κ1) is 15.7. The Hall–Kier alpha value is -2.21. The van der Waals surface area contributed by atoms with Gasteiger partial charge < -0.3 is 15.0 Å². The summed E-state index contributed by atoms with van der Waals surface area (Å²) in [6.07, 6.45) is 3.94. The van der Waals surface area contributed by atoms with Crippen molar-refractivity contribution in [2.24, 2.45) is 0 Å². The highest BCUT2D eigenvalue weighted by molar-refractivity contribution is 5.39. The molecule has 1 atom stereocenters. The van der Waals surface area contributed by atoms with Crippen LogP contribution in [-0.4, -0.2) is 36.4 Å². The van der Waals surface area contributed by atoms with Crippen LogP contribution in [0, 0.1) is 5.82 Å². The van der Waals surface area contributed by atoms with Crippen molar-refractivity contribution in [1.82, 2.24) is 15.5 Å². The second kappa shape index (κ2) is 7.37. The van der Waals surface area contributed by atoms with Crippen molar-refractivity contribution in [2.45, 2.75) is 25.4 Å². The number of ether oxygens (including phenoxy) is 1. The van der Waals surface area contributed by atoms with Crippen LogP contribution in [0.15, 0.2) is 36.5 Å². The molecule has 122 valence electrons. The third kappa shape index (κ3) is 3.76. The van der Waals surface area contributed by atoms with Crippen molar-refractivity contribution >= 4 is 5.82 Å². The van der Waals surface area contributed by atoms with Crippen LogP contribution < -0.4 is 15.0 Å². The van der Waals surface area contributed by atoms with Crippen molar-refractivity contribution in [3.8, 4) is 5.75 Å². The van der Waals surface area contributed by atoms with Gasteiger partial charge in [0.1, 0.15) is 11.6 Å². The van der Waals surface area contributed by atoms with Gasteiger partial charge in [0.05, 0.1) is 7.11 Å². The second-order valence-electron chi connectivity index (χ2n) is 5.66. The van der Waals surface area contributed by atoms with E-state index in [4.69, 9.17) is 4.74 Å². The molecule has 6 heteroatoms. The second-order valence-corrected chi connectivity index (χ2v) is 5.66. The number of hydrogen-bond donors (Lipinski definition) is 1. The molecule has 0 spiro atoms. The summed E-state index contributed by atoms with van der Waals surface area (Å²) in [4.78, 5) is 2.28. The molecular formula is C17H21FN4O. The van der Waals surface area contributed by atoms with Gasteiger partial charge in [0.25, 0.3) is 0 Å². The van der Waals surface area contributed by atoms with Gasteiger partial charge in [0, 0.05) is 37.4 Å². The average molecular weight is 316 g/mol. The Morgan fingerprint density at radius 3 is 3.09 bits per heavy atom. The number of anilines is 1. The summed E-state index contributed by atoms with van der Waals surface area (Å²) in [6, 6.07) is 8.86. The number of benzene rings is 1. The number of nitrogens with zero attached hydrogens (tertiary/aromatic N) is 3. The molecule has 0 amide bonds. The van der Waals surface area contributed by atoms with Crippen LogP contribution in [0.1, 0.15) is 18.4 Å². The predicted octanol–water partition coefficient (Wildman–Crippen LogP) is 2.38. The third-order valence-electron chi connectivity index (χ3n) is 4.17. The number of nitrogens with one attached hydrogen (secondary N) is 1. The van der Waals surface area contributed by atoms with Crippen LogP contribution in [0.4, 0.5) is 10.2 Å². The third-order valence-corrected chi connectivity index (χ3v) is 4.17. The summed E-state index contributed by atoms with van der Waals surface area (Å²) in [7, 11) is 1.60. The Morgan fingerprint density at radius 2 is 2.30 bits per heavy atom. The molecule has 0 radical (unpaired) electrons. The quantitative estimate of drug-likeness (QED) is 0.887. The lowest BCUT2D eigenvalue weighted by Crippen LogP contribution is -2.38. The molecule has 1 aromatic carbocycles. The Balaban J connectivity index is 1.59. The lowest BCUT2D eigenvalue weighted by atomic mass is 10.1. The molecule has 1 fully saturated rings. The number of aromatic nitrogens is 2. The van der Waals surface area contributed by atoms with E-state index in [1.807, 2.05) is 12.1 Å². The van der Waals surface area contributed by atoms with Crippen molar-refractivity contribution in [1.29, 1.82) is 0 Å². The molecule has 0 unspecified atom stereocenters. The molecule has 0 saturated carbocycles. The Bertz CT molecular complexity index is 638. The lowest BCUT2D eigenvalue weighted by Gasteiger charge is -2.25. The molecule has 1 aromatic heterocycles. The molecule has 1 aliphatic rings. The van der Waals surface area contributed by atoms with Crippen molar-refractivity contribution in [3.63, 3.8) is 0 Å². The molecule has 23 heavy (non-hydrogen) atoms. The number of rotatable bonds is 6. The highest BCUT2D eigenvalue weighted by Gasteiger charge is 2.25. The Kier molecular flexibility index (Phi) is 5.02. The topological polar surface area (TPSA) is 50.3 Å². The van der Waals surface area contributed by atoms with Gasteiger partial charge in [-0.1, -0.05) is 0 Å². The highest BCUT2D eigenvalue weighted by atomic mass is 19.1. The summed E-state index contributed by atoms with van der Waals surface area (Å²) >= 11 is 0. The standard InChI is InChI=1S/C17H21FN4O/c1-23-16-7-6-14(18)10-13(16)11-19-12-15-4-3-9-22(15)17-5-2-8-20-21-17/h2,5-8,10,15,19H,3-4,9,11-12H2,1H3/t15-/m0/s1. The summed E-state index contributed by atoms with van der Waals surface area (Å²) in [5.74, 6) is 1.38. The normalized spacial score (nSPS) is 17.5. The van der Waals surface area contributed by atoms with E-state index in [1.165, 1.54) is 12.1 Å². The molecule has 1 aliphatic heterocycles. The van der Waals surface area contributed by atoms with E-state index < -0.39 is 0 Å². The maximum absolute atomic E-state index is 13.4. The Labute approximate surface area is 135 Å². The fraction of sp³-hybridized carbons (Fsp3) is 0.412. The van der Waals surface area contributed by atoms with E-state index in [0.29, 0.717) is 18.3 Å². The van der Waals surface area contributed by atoms with Crippen LogP contribution in [0.5, 0.6) is 5.75 Å². The van der Waals surface area contributed by atoms with E-state index in [2.05, 4.69) is 20.4 Å². The molecule has 1 saturated heterocycles. The molecule has 0 aliphatic carbocycles. The van der Waals surface area contributed by atoms with Gasteiger partial charge in [-0.2, -0.15) is 5.10 Å². The molecule has 5 nitrogen and oxygen atoms in total. The van der Waals surface area contributed by atoms with Crippen molar-refractivity contribution < 1.29 is 9.13 Å². The van der Waals surface area contributed by atoms with E-state index in [9.17, 15) is 4.39 Å². The van der Waals surface area contributed by atoms with Gasteiger partial charge in [-0.05, 0) is 43.2 Å². The molecular weight excluding hydrogens is 295 g/mol. The first-order valence-corrected chi connectivity index (χ1v) is 7.85. The zero-order valence-corrected chi connectivity index (χ0v) is 13.2. The minimum Gasteiger partial charge on any atom is -0.496 e. The average Bonchev–Trinajstić information content (AvgIpc) is 3.04. The lowest BCUT2D eigenvalue weighted by molar-refractivity contribution is 0.405. The van der Waals surface area contributed by atoms with E-state index in [1.54, 1.807) is 19.4 Å². The van der Waals surface area contributed by atoms with Crippen LogP contribution in [-0.2, 0) is 6.54 Å². The van der Waals surface area contributed by atoms with E-state index in [-0.39, 0.29) is 5.82 Å².